The Morgan fingerprint density at radius 3 is 3.00 bits per heavy atom. The van der Waals surface area contributed by atoms with Gasteiger partial charge in [0.05, 0.1) is 12.7 Å². The van der Waals surface area contributed by atoms with Gasteiger partial charge in [-0.25, -0.2) is 4.79 Å². The average molecular weight is 321 g/mol. The Balaban J connectivity index is 1.18. The van der Waals surface area contributed by atoms with Crippen LogP contribution in [-0.2, 0) is 4.74 Å². The molecule has 5 nitrogen and oxygen atoms in total. The van der Waals surface area contributed by atoms with Crippen LogP contribution in [0.15, 0.2) is 0 Å². The molecule has 0 spiro atoms. The summed E-state index contributed by atoms with van der Waals surface area (Å²) in [4.78, 5) is 14.7. The molecule has 4 aliphatic rings. The summed E-state index contributed by atoms with van der Waals surface area (Å²) in [7, 11) is 0. The molecule has 6 atom stereocenters. The van der Waals surface area contributed by atoms with Gasteiger partial charge in [0.2, 0.25) is 0 Å². The molecule has 0 aromatic rings. The van der Waals surface area contributed by atoms with Crippen LogP contribution in [-0.4, -0.2) is 55.4 Å². The standard InChI is InChI=1S/C18H31N3O2/c1-12(17-8-13-4-5-14(17)7-13)20-18(22)19-9-16-10-21-6-2-3-15(21)11-23-16/h12-17H,2-11H2,1H3,(H2,19,20,22)/t12-,13-,14-,15+,16+,17+/m0/s1. The SMILES string of the molecule is C[C@H](NC(=O)NC[C@@H]1CN2CCC[C@@H]2CO1)[C@H]1C[C@H]2CC[C@H]1C2. The van der Waals surface area contributed by atoms with Gasteiger partial charge in [-0.15, -0.1) is 0 Å². The highest BCUT2D eigenvalue weighted by Gasteiger charge is 2.42. The van der Waals surface area contributed by atoms with Crippen molar-refractivity contribution in [2.24, 2.45) is 17.8 Å². The van der Waals surface area contributed by atoms with E-state index < -0.39 is 0 Å². The highest BCUT2D eigenvalue weighted by atomic mass is 16.5. The number of rotatable bonds is 4. The molecule has 2 aliphatic carbocycles. The zero-order valence-corrected chi connectivity index (χ0v) is 14.3. The number of nitrogens with zero attached hydrogens (tertiary/aromatic N) is 1. The molecule has 4 fully saturated rings. The molecule has 5 heteroatoms. The quantitative estimate of drug-likeness (QED) is 0.832. The van der Waals surface area contributed by atoms with Crippen LogP contribution in [0, 0.1) is 17.8 Å². The van der Waals surface area contributed by atoms with E-state index in [0.717, 1.165) is 25.0 Å². The lowest BCUT2D eigenvalue weighted by atomic mass is 9.84. The first-order valence-electron chi connectivity index (χ1n) is 9.59. The summed E-state index contributed by atoms with van der Waals surface area (Å²) >= 11 is 0. The van der Waals surface area contributed by atoms with Gasteiger partial charge in [0.1, 0.15) is 0 Å². The predicted octanol–water partition coefficient (Wildman–Crippen LogP) is 1.97. The lowest BCUT2D eigenvalue weighted by Gasteiger charge is -2.35. The molecule has 2 heterocycles. The minimum atomic E-state index is -0.0209. The number of hydrogen-bond donors (Lipinski definition) is 2. The lowest BCUT2D eigenvalue weighted by Crippen LogP contribution is -2.52. The van der Waals surface area contributed by atoms with Crippen molar-refractivity contribution in [3.8, 4) is 0 Å². The number of hydrogen-bond acceptors (Lipinski definition) is 3. The smallest absolute Gasteiger partial charge is 0.315 e. The van der Waals surface area contributed by atoms with Crippen molar-refractivity contribution in [1.82, 2.24) is 15.5 Å². The van der Waals surface area contributed by atoms with E-state index in [-0.39, 0.29) is 12.1 Å². The molecule has 2 amide bonds. The molecule has 23 heavy (non-hydrogen) atoms. The van der Waals surface area contributed by atoms with Crippen molar-refractivity contribution >= 4 is 6.03 Å². The van der Waals surface area contributed by atoms with Crippen molar-refractivity contribution in [2.45, 2.75) is 63.6 Å². The van der Waals surface area contributed by atoms with E-state index in [1.807, 2.05) is 0 Å². The largest absolute Gasteiger partial charge is 0.373 e. The molecule has 2 aliphatic heterocycles. The van der Waals surface area contributed by atoms with Crippen LogP contribution < -0.4 is 10.6 Å². The summed E-state index contributed by atoms with van der Waals surface area (Å²) < 4.78 is 5.90. The van der Waals surface area contributed by atoms with Gasteiger partial charge in [-0.1, -0.05) is 6.42 Å². The van der Waals surface area contributed by atoms with E-state index in [9.17, 15) is 4.79 Å². The van der Waals surface area contributed by atoms with Gasteiger partial charge in [-0.2, -0.15) is 0 Å². The van der Waals surface area contributed by atoms with Gasteiger partial charge in [-0.3, -0.25) is 4.90 Å². The highest BCUT2D eigenvalue weighted by molar-refractivity contribution is 5.74. The first kappa shape index (κ1) is 15.7. The van der Waals surface area contributed by atoms with E-state index in [1.165, 1.54) is 45.1 Å². The van der Waals surface area contributed by atoms with Crippen LogP contribution in [0.5, 0.6) is 0 Å². The monoisotopic (exact) mass is 321 g/mol. The number of fused-ring (bicyclic) bond motifs is 3. The fourth-order valence-electron chi connectivity index (χ4n) is 5.49. The number of amides is 2. The van der Waals surface area contributed by atoms with Crippen LogP contribution in [0.1, 0.15) is 45.4 Å². The maximum Gasteiger partial charge on any atom is 0.315 e. The van der Waals surface area contributed by atoms with E-state index in [2.05, 4.69) is 22.5 Å². The van der Waals surface area contributed by atoms with Crippen LogP contribution in [0.25, 0.3) is 0 Å². The van der Waals surface area contributed by atoms with Gasteiger partial charge < -0.3 is 15.4 Å². The molecule has 0 unspecified atom stereocenters. The number of carbonyl (C=O) groups excluding carboxylic acids is 1. The first-order valence-corrected chi connectivity index (χ1v) is 9.59. The molecule has 0 radical (unpaired) electrons. The van der Waals surface area contributed by atoms with E-state index in [4.69, 9.17) is 4.74 Å². The second-order valence-corrected chi connectivity index (χ2v) is 8.23. The fraction of sp³-hybridized carbons (Fsp3) is 0.944. The third-order valence-electron chi connectivity index (χ3n) is 6.75. The molecule has 2 bridgehead atoms. The van der Waals surface area contributed by atoms with Gasteiger partial charge in [0.15, 0.2) is 0 Å². The Bertz CT molecular complexity index is 444. The van der Waals surface area contributed by atoms with E-state index >= 15 is 0 Å². The molecule has 2 saturated carbocycles. The van der Waals surface area contributed by atoms with Crippen LogP contribution in [0.2, 0.25) is 0 Å². The topological polar surface area (TPSA) is 53.6 Å². The Morgan fingerprint density at radius 1 is 1.30 bits per heavy atom. The number of ether oxygens (including phenoxy) is 1. The molecule has 0 aromatic heterocycles. The van der Waals surface area contributed by atoms with Crippen LogP contribution in [0.4, 0.5) is 4.79 Å². The molecule has 2 saturated heterocycles. The van der Waals surface area contributed by atoms with Gasteiger partial charge in [0, 0.05) is 25.2 Å². The van der Waals surface area contributed by atoms with E-state index in [0.29, 0.717) is 24.5 Å². The summed E-state index contributed by atoms with van der Waals surface area (Å²) in [5, 5.41) is 6.20. The van der Waals surface area contributed by atoms with Crippen molar-refractivity contribution in [3.63, 3.8) is 0 Å². The second kappa shape index (κ2) is 6.60. The van der Waals surface area contributed by atoms with Crippen molar-refractivity contribution in [1.29, 1.82) is 0 Å². The number of nitrogens with one attached hydrogen (secondary N) is 2. The minimum absolute atomic E-state index is 0.0209. The predicted molar refractivity (Wildman–Crippen MR) is 89.3 cm³/mol. The van der Waals surface area contributed by atoms with Crippen LogP contribution in [0.3, 0.4) is 0 Å². The zero-order valence-electron chi connectivity index (χ0n) is 14.3. The number of morpholine rings is 1. The van der Waals surface area contributed by atoms with Crippen LogP contribution >= 0.6 is 0 Å². The average Bonchev–Trinajstić information content (AvgIpc) is 3.28. The molecule has 130 valence electrons. The maximum atomic E-state index is 12.2. The Morgan fingerprint density at radius 2 is 2.22 bits per heavy atom. The fourth-order valence-corrected chi connectivity index (χ4v) is 5.49. The molecular weight excluding hydrogens is 290 g/mol. The Labute approximate surface area is 139 Å². The summed E-state index contributed by atoms with van der Waals surface area (Å²) in [6, 6.07) is 0.894. The van der Waals surface area contributed by atoms with Gasteiger partial charge in [-0.05, 0) is 63.3 Å². The van der Waals surface area contributed by atoms with Gasteiger partial charge >= 0.3 is 6.03 Å². The minimum Gasteiger partial charge on any atom is -0.373 e. The highest BCUT2D eigenvalue weighted by Crippen LogP contribution is 2.49. The van der Waals surface area contributed by atoms with Gasteiger partial charge in [0.25, 0.3) is 0 Å². The number of carbonyl (C=O) groups is 1. The molecule has 4 rings (SSSR count). The van der Waals surface area contributed by atoms with Crippen molar-refractivity contribution in [3.05, 3.63) is 0 Å². The first-order chi connectivity index (χ1) is 11.2. The second-order valence-electron chi connectivity index (χ2n) is 8.23. The van der Waals surface area contributed by atoms with E-state index in [1.54, 1.807) is 0 Å². The summed E-state index contributed by atoms with van der Waals surface area (Å²) in [5.41, 5.74) is 0. The number of urea groups is 1. The molecular formula is C18H31N3O2. The van der Waals surface area contributed by atoms with Crippen molar-refractivity contribution < 1.29 is 9.53 Å². The Kier molecular flexibility index (Phi) is 4.50. The van der Waals surface area contributed by atoms with Crippen molar-refractivity contribution in [2.75, 3.05) is 26.2 Å². The summed E-state index contributed by atoms with van der Waals surface area (Å²) in [6.07, 6.45) is 8.19. The summed E-state index contributed by atoms with van der Waals surface area (Å²) in [5.74, 6) is 2.47. The third-order valence-corrected chi connectivity index (χ3v) is 6.75. The maximum absolute atomic E-state index is 12.2. The Hall–Kier alpha value is -0.810. The summed E-state index contributed by atoms with van der Waals surface area (Å²) in [6.45, 7) is 5.79. The lowest BCUT2D eigenvalue weighted by molar-refractivity contribution is -0.0458. The normalized spacial score (nSPS) is 40.8. The molecule has 2 N–H and O–H groups in total. The third kappa shape index (κ3) is 3.36. The molecule has 0 aromatic carbocycles. The zero-order chi connectivity index (χ0) is 15.8.